The third-order valence-electron chi connectivity index (χ3n) is 7.43. The van der Waals surface area contributed by atoms with Crippen LogP contribution in [0, 0.1) is 5.41 Å². The van der Waals surface area contributed by atoms with Crippen molar-refractivity contribution in [3.8, 4) is 5.88 Å². The van der Waals surface area contributed by atoms with Gasteiger partial charge in [-0.05, 0) is 48.8 Å². The summed E-state index contributed by atoms with van der Waals surface area (Å²) >= 11 is 0. The summed E-state index contributed by atoms with van der Waals surface area (Å²) in [5.41, 5.74) is 3.70. The molecule has 2 saturated heterocycles. The van der Waals surface area contributed by atoms with Crippen LogP contribution in [-0.4, -0.2) is 54.1 Å². The predicted octanol–water partition coefficient (Wildman–Crippen LogP) is 3.43. The molecule has 1 aromatic heterocycles. The summed E-state index contributed by atoms with van der Waals surface area (Å²) in [5, 5.41) is 0. The Morgan fingerprint density at radius 3 is 2.84 bits per heavy atom. The molecule has 1 unspecified atom stereocenters. The zero-order valence-corrected chi connectivity index (χ0v) is 18.0. The summed E-state index contributed by atoms with van der Waals surface area (Å²) in [5.74, 6) is 3.20. The Morgan fingerprint density at radius 2 is 2.00 bits per heavy atom. The van der Waals surface area contributed by atoms with E-state index >= 15 is 0 Å². The highest BCUT2D eigenvalue weighted by molar-refractivity contribution is 5.88. The van der Waals surface area contributed by atoms with Gasteiger partial charge in [-0.3, -0.25) is 4.79 Å². The molecule has 160 valence electrons. The van der Waals surface area contributed by atoms with Gasteiger partial charge in [-0.15, -0.1) is 0 Å². The van der Waals surface area contributed by atoms with Crippen LogP contribution in [-0.2, 0) is 11.2 Å². The van der Waals surface area contributed by atoms with E-state index < -0.39 is 0 Å². The molecule has 1 atom stereocenters. The van der Waals surface area contributed by atoms with Crippen LogP contribution in [0.1, 0.15) is 48.6 Å². The fourth-order valence-corrected chi connectivity index (χ4v) is 5.42. The van der Waals surface area contributed by atoms with E-state index in [2.05, 4.69) is 45.1 Å². The maximum atomic E-state index is 13.5. The first-order chi connectivity index (χ1) is 15.1. The first kappa shape index (κ1) is 18.8. The minimum absolute atomic E-state index is 0.281. The number of methoxy groups -OCH3 is 1. The van der Waals surface area contributed by atoms with Crippen LogP contribution in [0.3, 0.4) is 0 Å². The molecule has 2 aliphatic carbocycles. The van der Waals surface area contributed by atoms with Crippen molar-refractivity contribution in [2.24, 2.45) is 5.41 Å². The van der Waals surface area contributed by atoms with Gasteiger partial charge in [0, 0.05) is 38.2 Å². The van der Waals surface area contributed by atoms with Gasteiger partial charge in [-0.1, -0.05) is 30.3 Å². The molecule has 4 aliphatic rings. The Bertz CT molecular complexity index is 1080. The molecule has 1 spiro atoms. The smallest absolute Gasteiger partial charge is 0.231 e. The molecular formula is C25H28N4O2. The molecule has 1 amide bonds. The zero-order valence-electron chi connectivity index (χ0n) is 18.0. The van der Waals surface area contributed by atoms with Gasteiger partial charge in [-0.2, -0.15) is 4.98 Å². The molecule has 1 saturated carbocycles. The number of carbonyl (C=O) groups excluding carboxylic acids is 1. The van der Waals surface area contributed by atoms with Crippen LogP contribution in [0.4, 0.5) is 5.82 Å². The summed E-state index contributed by atoms with van der Waals surface area (Å²) in [6, 6.07) is 10.5. The fraction of sp³-hybridized carbons (Fsp3) is 0.480. The van der Waals surface area contributed by atoms with Gasteiger partial charge in [0.15, 0.2) is 0 Å². The first-order valence-electron chi connectivity index (χ1n) is 11.4. The summed E-state index contributed by atoms with van der Waals surface area (Å²) in [6.07, 6.45) is 7.39. The lowest BCUT2D eigenvalue weighted by molar-refractivity contribution is -0.134. The van der Waals surface area contributed by atoms with Gasteiger partial charge < -0.3 is 14.5 Å². The van der Waals surface area contributed by atoms with Gasteiger partial charge in [0.25, 0.3) is 0 Å². The molecule has 3 heterocycles. The fourth-order valence-electron chi connectivity index (χ4n) is 5.42. The molecule has 0 bridgehead atoms. The van der Waals surface area contributed by atoms with E-state index in [1.807, 2.05) is 6.07 Å². The van der Waals surface area contributed by atoms with Gasteiger partial charge >= 0.3 is 0 Å². The quantitative estimate of drug-likeness (QED) is 0.747. The number of fused-ring (bicyclic) bond motifs is 1. The highest BCUT2D eigenvalue weighted by Gasteiger charge is 2.51. The number of rotatable bonds is 5. The van der Waals surface area contributed by atoms with Crippen LogP contribution in [0.5, 0.6) is 5.88 Å². The van der Waals surface area contributed by atoms with Gasteiger partial charge in [0.1, 0.15) is 11.6 Å². The monoisotopic (exact) mass is 416 g/mol. The van der Waals surface area contributed by atoms with E-state index in [0.717, 1.165) is 69.9 Å². The molecule has 2 aliphatic heterocycles. The van der Waals surface area contributed by atoms with E-state index in [0.29, 0.717) is 17.7 Å². The second-order valence-electron chi connectivity index (χ2n) is 9.42. The second-order valence-corrected chi connectivity index (χ2v) is 9.42. The Balaban J connectivity index is 1.19. The first-order valence-corrected chi connectivity index (χ1v) is 11.4. The zero-order chi connectivity index (χ0) is 21.0. The van der Waals surface area contributed by atoms with Gasteiger partial charge in [0.05, 0.1) is 12.5 Å². The SMILES string of the molecule is COc1cc(N2CCC3(CCN(CC4=CCc5ccccc54)C3=O)C2)nc(C2CC2)n1. The average molecular weight is 417 g/mol. The van der Waals surface area contributed by atoms with Crippen molar-refractivity contribution in [3.63, 3.8) is 0 Å². The van der Waals surface area contributed by atoms with E-state index in [1.165, 1.54) is 16.7 Å². The van der Waals surface area contributed by atoms with Crippen molar-refractivity contribution in [1.29, 1.82) is 0 Å². The molecule has 1 aromatic carbocycles. The van der Waals surface area contributed by atoms with Crippen LogP contribution in [0.15, 0.2) is 36.4 Å². The summed E-state index contributed by atoms with van der Waals surface area (Å²) in [6.45, 7) is 3.16. The van der Waals surface area contributed by atoms with Crippen LogP contribution in [0.2, 0.25) is 0 Å². The molecule has 0 radical (unpaired) electrons. The summed E-state index contributed by atoms with van der Waals surface area (Å²) in [7, 11) is 1.66. The van der Waals surface area contributed by atoms with Gasteiger partial charge in [-0.25, -0.2) is 4.98 Å². The maximum Gasteiger partial charge on any atom is 0.231 e. The standard InChI is InChI=1S/C25H28N4O2/c1-31-22-14-21(26-23(27-22)18-7-8-18)29-13-11-25(16-29)10-12-28(24(25)30)15-19-9-6-17-4-2-3-5-20(17)19/h2-5,9,14,18H,6-8,10-13,15-16H2,1H3. The number of aromatic nitrogens is 2. The van der Waals surface area contributed by atoms with Crippen molar-refractivity contribution >= 4 is 17.3 Å². The minimum atomic E-state index is -0.281. The normalized spacial score (nSPS) is 24.8. The number of carbonyl (C=O) groups is 1. The molecule has 6 heteroatoms. The summed E-state index contributed by atoms with van der Waals surface area (Å²) in [4.78, 5) is 27.2. The van der Waals surface area contributed by atoms with E-state index in [1.54, 1.807) is 7.11 Å². The highest BCUT2D eigenvalue weighted by atomic mass is 16.5. The van der Waals surface area contributed by atoms with Crippen LogP contribution >= 0.6 is 0 Å². The van der Waals surface area contributed by atoms with Crippen molar-refractivity contribution in [1.82, 2.24) is 14.9 Å². The molecule has 6 nitrogen and oxygen atoms in total. The summed E-state index contributed by atoms with van der Waals surface area (Å²) < 4.78 is 5.43. The lowest BCUT2D eigenvalue weighted by Crippen LogP contribution is -2.37. The molecule has 3 fully saturated rings. The topological polar surface area (TPSA) is 58.6 Å². The van der Waals surface area contributed by atoms with E-state index in [4.69, 9.17) is 9.72 Å². The Kier molecular flexibility index (Phi) is 4.30. The lowest BCUT2D eigenvalue weighted by atomic mass is 9.85. The number of allylic oxidation sites excluding steroid dienone is 1. The third kappa shape index (κ3) is 3.20. The molecular weight excluding hydrogens is 388 g/mol. The average Bonchev–Trinajstić information content (AvgIpc) is 3.34. The largest absolute Gasteiger partial charge is 0.481 e. The molecule has 31 heavy (non-hydrogen) atoms. The highest BCUT2D eigenvalue weighted by Crippen LogP contribution is 2.44. The number of likely N-dealkylation sites (tertiary alicyclic amines) is 1. The number of nitrogens with zero attached hydrogens (tertiary/aromatic N) is 4. The van der Waals surface area contributed by atoms with E-state index in [9.17, 15) is 4.79 Å². The number of hydrogen-bond donors (Lipinski definition) is 0. The molecule has 2 aromatic rings. The maximum absolute atomic E-state index is 13.5. The number of anilines is 1. The number of amides is 1. The lowest BCUT2D eigenvalue weighted by Gasteiger charge is -2.25. The number of benzene rings is 1. The number of hydrogen-bond acceptors (Lipinski definition) is 5. The Labute approximate surface area is 182 Å². The Hall–Kier alpha value is -2.89. The van der Waals surface area contributed by atoms with Crippen molar-refractivity contribution in [2.45, 2.75) is 38.0 Å². The molecule has 6 rings (SSSR count). The van der Waals surface area contributed by atoms with Crippen molar-refractivity contribution < 1.29 is 9.53 Å². The van der Waals surface area contributed by atoms with E-state index in [-0.39, 0.29) is 5.41 Å². The Morgan fingerprint density at radius 1 is 1.16 bits per heavy atom. The van der Waals surface area contributed by atoms with Crippen LogP contribution < -0.4 is 9.64 Å². The number of ether oxygens (including phenoxy) is 1. The van der Waals surface area contributed by atoms with Gasteiger partial charge in [0.2, 0.25) is 11.8 Å². The van der Waals surface area contributed by atoms with Crippen molar-refractivity contribution in [2.75, 3.05) is 38.2 Å². The minimum Gasteiger partial charge on any atom is -0.481 e. The van der Waals surface area contributed by atoms with Crippen molar-refractivity contribution in [3.05, 3.63) is 53.4 Å². The van der Waals surface area contributed by atoms with Crippen LogP contribution in [0.25, 0.3) is 5.57 Å². The predicted molar refractivity (Wildman–Crippen MR) is 119 cm³/mol. The molecule has 0 N–H and O–H groups in total. The second kappa shape index (κ2) is 7.08. The third-order valence-corrected chi connectivity index (χ3v) is 7.43.